The quantitative estimate of drug-likeness (QED) is 0.274. The lowest BCUT2D eigenvalue weighted by atomic mass is 10.0. The van der Waals surface area contributed by atoms with Gasteiger partial charge in [0.1, 0.15) is 18.0 Å². The van der Waals surface area contributed by atoms with Crippen LogP contribution in [-0.2, 0) is 0 Å². The van der Waals surface area contributed by atoms with Crippen LogP contribution in [-0.4, -0.2) is 42.6 Å². The summed E-state index contributed by atoms with van der Waals surface area (Å²) in [4.78, 5) is 36.1. The molecule has 0 atom stereocenters. The number of pyridine rings is 2. The molecule has 40 heavy (non-hydrogen) atoms. The van der Waals surface area contributed by atoms with Gasteiger partial charge in [0.25, 0.3) is 0 Å². The lowest BCUT2D eigenvalue weighted by Gasteiger charge is -2.33. The number of fused-ring (bicyclic) bond motifs is 2. The van der Waals surface area contributed by atoms with Crippen LogP contribution in [0.5, 0.6) is 0 Å². The van der Waals surface area contributed by atoms with E-state index in [0.717, 1.165) is 75.0 Å². The summed E-state index contributed by atoms with van der Waals surface area (Å²) >= 11 is 3.57. The topological polar surface area (TPSA) is 119 Å². The number of nitrogens with two attached hydrogens (primary N) is 1. The molecule has 1 aliphatic rings. The number of H-pyrrole nitrogens is 1. The number of aromatic amines is 1. The van der Waals surface area contributed by atoms with E-state index in [2.05, 4.69) is 35.8 Å². The standard InChI is InChI=1S/C30H25BrN8O/c31-20-5-3-4-18(14-20)22-15-24(36-29-27(22)28(32)34-17-35-29)19-8-9-26(33-16-19)38-12-10-21(11-13-38)39-25-7-2-1-6-23(25)37-30(39)40/h1-9,14-17,21H,10-13H2,(H,37,40)(H2,32,34,35,36). The Labute approximate surface area is 237 Å². The molecule has 6 aromatic rings. The molecule has 0 unspecified atom stereocenters. The van der Waals surface area contributed by atoms with Crippen LogP contribution >= 0.6 is 15.9 Å². The van der Waals surface area contributed by atoms with Crippen molar-refractivity contribution in [2.75, 3.05) is 23.7 Å². The number of para-hydroxylation sites is 2. The van der Waals surface area contributed by atoms with Crippen molar-refractivity contribution in [1.82, 2.24) is 29.5 Å². The van der Waals surface area contributed by atoms with E-state index >= 15 is 0 Å². The molecule has 0 spiro atoms. The number of rotatable bonds is 4. The monoisotopic (exact) mass is 592 g/mol. The van der Waals surface area contributed by atoms with E-state index in [1.807, 2.05) is 77.5 Å². The van der Waals surface area contributed by atoms with Crippen molar-refractivity contribution in [3.8, 4) is 22.4 Å². The molecule has 5 heterocycles. The molecule has 4 aromatic heterocycles. The van der Waals surface area contributed by atoms with E-state index in [4.69, 9.17) is 15.7 Å². The minimum absolute atomic E-state index is 0.0423. The fraction of sp³-hybridized carbons (Fsp3) is 0.167. The highest BCUT2D eigenvalue weighted by Crippen LogP contribution is 2.35. The van der Waals surface area contributed by atoms with E-state index in [9.17, 15) is 4.79 Å². The molecule has 1 saturated heterocycles. The second-order valence-corrected chi connectivity index (χ2v) is 10.9. The molecule has 3 N–H and O–H groups in total. The van der Waals surface area contributed by atoms with Gasteiger partial charge in [0.05, 0.1) is 22.1 Å². The highest BCUT2D eigenvalue weighted by Gasteiger charge is 2.24. The van der Waals surface area contributed by atoms with Crippen molar-refractivity contribution in [2.45, 2.75) is 18.9 Å². The highest BCUT2D eigenvalue weighted by atomic mass is 79.9. The number of nitrogens with one attached hydrogen (secondary N) is 1. The first-order valence-corrected chi connectivity index (χ1v) is 13.9. The van der Waals surface area contributed by atoms with Crippen molar-refractivity contribution in [1.29, 1.82) is 0 Å². The van der Waals surface area contributed by atoms with Crippen molar-refractivity contribution in [2.24, 2.45) is 0 Å². The minimum atomic E-state index is -0.0423. The van der Waals surface area contributed by atoms with Gasteiger partial charge in [-0.25, -0.2) is 24.7 Å². The van der Waals surface area contributed by atoms with Crippen LogP contribution in [0, 0.1) is 0 Å². The molecule has 1 fully saturated rings. The molecular formula is C30H25BrN8O. The molecule has 0 amide bonds. The van der Waals surface area contributed by atoms with Crippen molar-refractivity contribution in [3.05, 3.63) is 94.2 Å². The SMILES string of the molecule is Nc1ncnc2nc(-c3ccc(N4CCC(n5c(=O)[nH]c6ccccc65)CC4)nc3)cc(-c3cccc(Br)c3)c12. The van der Waals surface area contributed by atoms with Crippen LogP contribution in [0.4, 0.5) is 11.6 Å². The number of aromatic nitrogens is 6. The number of nitrogen functional groups attached to an aromatic ring is 1. The van der Waals surface area contributed by atoms with Crippen LogP contribution < -0.4 is 16.3 Å². The third kappa shape index (κ3) is 4.30. The van der Waals surface area contributed by atoms with Crippen LogP contribution in [0.15, 0.2) is 88.5 Å². The third-order valence-electron chi connectivity index (χ3n) is 7.59. The molecule has 0 radical (unpaired) electrons. The Morgan fingerprint density at radius 2 is 1.77 bits per heavy atom. The summed E-state index contributed by atoms with van der Waals surface area (Å²) in [7, 11) is 0. The van der Waals surface area contributed by atoms with Crippen molar-refractivity contribution >= 4 is 49.6 Å². The molecule has 0 bridgehead atoms. The van der Waals surface area contributed by atoms with Gasteiger partial charge in [-0.2, -0.15) is 0 Å². The van der Waals surface area contributed by atoms with Gasteiger partial charge in [-0.3, -0.25) is 4.57 Å². The van der Waals surface area contributed by atoms with Crippen LogP contribution in [0.1, 0.15) is 18.9 Å². The van der Waals surface area contributed by atoms with Gasteiger partial charge in [-0.1, -0.05) is 40.2 Å². The van der Waals surface area contributed by atoms with Crippen molar-refractivity contribution in [3.63, 3.8) is 0 Å². The lowest BCUT2D eigenvalue weighted by Crippen LogP contribution is -2.37. The number of imidazole rings is 1. The number of benzene rings is 2. The van der Waals surface area contributed by atoms with E-state index in [1.165, 1.54) is 6.33 Å². The first kappa shape index (κ1) is 24.5. The van der Waals surface area contributed by atoms with E-state index < -0.39 is 0 Å². The zero-order valence-corrected chi connectivity index (χ0v) is 23.0. The normalized spacial score (nSPS) is 14.3. The second kappa shape index (κ2) is 9.87. The van der Waals surface area contributed by atoms with Gasteiger partial charge >= 0.3 is 5.69 Å². The Morgan fingerprint density at radius 3 is 2.58 bits per heavy atom. The summed E-state index contributed by atoms with van der Waals surface area (Å²) in [6, 6.07) is 22.2. The predicted octanol–water partition coefficient (Wildman–Crippen LogP) is 5.58. The summed E-state index contributed by atoms with van der Waals surface area (Å²) in [5.41, 5.74) is 12.2. The number of hydrogen-bond acceptors (Lipinski definition) is 7. The zero-order chi connectivity index (χ0) is 27.2. The average molecular weight is 593 g/mol. The van der Waals surface area contributed by atoms with Gasteiger partial charge < -0.3 is 15.6 Å². The number of hydrogen-bond donors (Lipinski definition) is 2. The van der Waals surface area contributed by atoms with Gasteiger partial charge in [0.15, 0.2) is 5.65 Å². The molecule has 10 heteroatoms. The van der Waals surface area contributed by atoms with Crippen LogP contribution in [0.2, 0.25) is 0 Å². The predicted molar refractivity (Wildman–Crippen MR) is 161 cm³/mol. The smallest absolute Gasteiger partial charge is 0.326 e. The first-order chi connectivity index (χ1) is 19.5. The van der Waals surface area contributed by atoms with E-state index in [1.54, 1.807) is 0 Å². The van der Waals surface area contributed by atoms with Gasteiger partial charge in [-0.05, 0) is 66.4 Å². The molecule has 0 saturated carbocycles. The maximum Gasteiger partial charge on any atom is 0.326 e. The highest BCUT2D eigenvalue weighted by molar-refractivity contribution is 9.10. The molecular weight excluding hydrogens is 568 g/mol. The lowest BCUT2D eigenvalue weighted by molar-refractivity contribution is 0.395. The number of halogens is 1. The third-order valence-corrected chi connectivity index (χ3v) is 8.08. The maximum atomic E-state index is 12.7. The van der Waals surface area contributed by atoms with E-state index in [-0.39, 0.29) is 11.7 Å². The summed E-state index contributed by atoms with van der Waals surface area (Å²) in [5.74, 6) is 1.30. The second-order valence-electron chi connectivity index (χ2n) is 9.96. The summed E-state index contributed by atoms with van der Waals surface area (Å²) < 4.78 is 2.88. The van der Waals surface area contributed by atoms with Crippen LogP contribution in [0.3, 0.4) is 0 Å². The largest absolute Gasteiger partial charge is 0.383 e. The number of nitrogens with zero attached hydrogens (tertiary/aromatic N) is 6. The summed E-state index contributed by atoms with van der Waals surface area (Å²) in [5, 5.41) is 0.728. The van der Waals surface area contributed by atoms with Gasteiger partial charge in [-0.15, -0.1) is 0 Å². The van der Waals surface area contributed by atoms with Gasteiger partial charge in [0.2, 0.25) is 0 Å². The number of anilines is 2. The summed E-state index contributed by atoms with van der Waals surface area (Å²) in [6.45, 7) is 1.64. The van der Waals surface area contributed by atoms with Gasteiger partial charge in [0, 0.05) is 35.4 Å². The Kier molecular flexibility index (Phi) is 6.04. The Morgan fingerprint density at radius 1 is 0.925 bits per heavy atom. The van der Waals surface area contributed by atoms with E-state index in [0.29, 0.717) is 11.5 Å². The molecule has 198 valence electrons. The molecule has 0 aliphatic carbocycles. The first-order valence-electron chi connectivity index (χ1n) is 13.1. The minimum Gasteiger partial charge on any atom is -0.383 e. The number of piperidine rings is 1. The van der Waals surface area contributed by atoms with Crippen molar-refractivity contribution < 1.29 is 0 Å². The molecule has 1 aliphatic heterocycles. The average Bonchev–Trinajstić information content (AvgIpc) is 3.32. The zero-order valence-electron chi connectivity index (χ0n) is 21.5. The Bertz CT molecular complexity index is 1920. The fourth-order valence-electron chi connectivity index (χ4n) is 5.63. The maximum absolute atomic E-state index is 12.7. The molecule has 2 aromatic carbocycles. The van der Waals surface area contributed by atoms with Crippen LogP contribution in [0.25, 0.3) is 44.5 Å². The molecule has 9 nitrogen and oxygen atoms in total. The Balaban J connectivity index is 1.16. The fourth-order valence-corrected chi connectivity index (χ4v) is 6.03. The summed E-state index contributed by atoms with van der Waals surface area (Å²) in [6.07, 6.45) is 5.03. The Hall–Kier alpha value is -4.57. The molecule has 7 rings (SSSR count).